The first-order valence-electron chi connectivity index (χ1n) is 4.77. The minimum Gasteiger partial charge on any atom is -0.370 e. The molecule has 0 aromatic heterocycles. The number of nitrogens with two attached hydrogens (primary N) is 2. The summed E-state index contributed by atoms with van der Waals surface area (Å²) in [6.45, 7) is 0. The van der Waals surface area contributed by atoms with Gasteiger partial charge in [-0.2, -0.15) is 24.4 Å². The van der Waals surface area contributed by atoms with Crippen molar-refractivity contribution in [3.8, 4) is 0 Å². The SMILES string of the molecule is NC(N)=NC(=O)c1c(SF)c(SF)c(SF)c(SF)c1SF. The number of aliphatic imine (C=N–C) groups is 1. The minimum absolute atomic E-state index is 0.614. The molecule has 0 atom stereocenters. The van der Waals surface area contributed by atoms with Gasteiger partial charge in [0.2, 0.25) is 0 Å². The molecule has 22 heavy (non-hydrogen) atoms. The zero-order valence-electron chi connectivity index (χ0n) is 9.94. The van der Waals surface area contributed by atoms with E-state index in [1.54, 1.807) is 0 Å². The first-order chi connectivity index (χ1) is 10.5. The molecule has 122 valence electrons. The maximum absolute atomic E-state index is 13.1. The van der Waals surface area contributed by atoms with E-state index in [4.69, 9.17) is 11.5 Å². The van der Waals surface area contributed by atoms with Crippen LogP contribution >= 0.6 is 60.7 Å². The molecule has 1 amide bonds. The van der Waals surface area contributed by atoms with Crippen molar-refractivity contribution < 1.29 is 24.2 Å². The maximum Gasteiger partial charge on any atom is 0.282 e. The van der Waals surface area contributed by atoms with Gasteiger partial charge in [0.15, 0.2) is 5.96 Å². The Hall–Kier alpha value is -0.440. The number of carbonyl (C=O) groups is 1. The lowest BCUT2D eigenvalue weighted by atomic mass is 10.2. The summed E-state index contributed by atoms with van der Waals surface area (Å²) in [6.07, 6.45) is 0. The predicted molar refractivity (Wildman–Crippen MR) is 81.4 cm³/mol. The normalized spacial score (nSPS) is 10.6. The lowest BCUT2D eigenvalue weighted by molar-refractivity contribution is 0.0995. The van der Waals surface area contributed by atoms with Gasteiger partial charge >= 0.3 is 0 Å². The second kappa shape index (κ2) is 9.00. The molecule has 0 heterocycles. The van der Waals surface area contributed by atoms with Gasteiger partial charge in [0.25, 0.3) is 5.91 Å². The summed E-state index contributed by atoms with van der Waals surface area (Å²) in [4.78, 5) is 11.3. The van der Waals surface area contributed by atoms with E-state index in [9.17, 15) is 24.2 Å². The van der Waals surface area contributed by atoms with Crippen LogP contribution in [0.3, 0.4) is 0 Å². The van der Waals surface area contributed by atoms with E-state index in [0.29, 0.717) is 0 Å². The molecule has 1 rings (SSSR count). The molecule has 4 N–H and O–H groups in total. The molecule has 0 saturated heterocycles. The summed E-state index contributed by atoms with van der Waals surface area (Å²) < 4.78 is 65.2. The van der Waals surface area contributed by atoms with Crippen LogP contribution in [-0.2, 0) is 0 Å². The molecular formula is C8H4F5N3OS5. The number of halogens is 5. The molecule has 0 aliphatic heterocycles. The highest BCUT2D eigenvalue weighted by molar-refractivity contribution is 8.00. The molecule has 0 saturated carbocycles. The number of hydrogen-bond acceptors (Lipinski definition) is 6. The topological polar surface area (TPSA) is 81.5 Å². The molecule has 0 bridgehead atoms. The molecule has 4 nitrogen and oxygen atoms in total. The lowest BCUT2D eigenvalue weighted by Gasteiger charge is -2.15. The smallest absolute Gasteiger partial charge is 0.282 e. The molecule has 1 aromatic carbocycles. The average Bonchev–Trinajstić information content (AvgIpc) is 2.50. The van der Waals surface area contributed by atoms with Crippen molar-refractivity contribution in [3.63, 3.8) is 0 Å². The van der Waals surface area contributed by atoms with Crippen molar-refractivity contribution in [2.75, 3.05) is 0 Å². The number of carbonyl (C=O) groups excluding carboxylic acids is 1. The Morgan fingerprint density at radius 1 is 0.727 bits per heavy atom. The van der Waals surface area contributed by atoms with Crippen LogP contribution in [0.1, 0.15) is 10.4 Å². The van der Waals surface area contributed by atoms with E-state index < -0.39 is 103 Å². The fourth-order valence-electron chi connectivity index (χ4n) is 1.36. The van der Waals surface area contributed by atoms with Crippen molar-refractivity contribution in [1.82, 2.24) is 0 Å². The largest absolute Gasteiger partial charge is 0.370 e. The van der Waals surface area contributed by atoms with E-state index in [0.717, 1.165) is 0 Å². The molecule has 0 unspecified atom stereocenters. The first-order valence-corrected chi connectivity index (χ1v) is 8.36. The van der Waals surface area contributed by atoms with E-state index in [2.05, 4.69) is 4.99 Å². The van der Waals surface area contributed by atoms with Crippen LogP contribution in [0.25, 0.3) is 0 Å². The second-order valence-electron chi connectivity index (χ2n) is 3.25. The van der Waals surface area contributed by atoms with Crippen LogP contribution in [0.2, 0.25) is 0 Å². The summed E-state index contributed by atoms with van der Waals surface area (Å²) >= 11 is -3.15. The van der Waals surface area contributed by atoms with Gasteiger partial charge < -0.3 is 11.5 Å². The third-order valence-corrected chi connectivity index (χ3v) is 5.44. The Kier molecular flexibility index (Phi) is 8.02. The maximum atomic E-state index is 13.1. The van der Waals surface area contributed by atoms with Gasteiger partial charge in [0, 0.05) is 0 Å². The highest BCUT2D eigenvalue weighted by Gasteiger charge is 2.31. The van der Waals surface area contributed by atoms with E-state index in [1.807, 2.05) is 0 Å². The van der Waals surface area contributed by atoms with Crippen molar-refractivity contribution in [3.05, 3.63) is 5.56 Å². The fraction of sp³-hybridized carbons (Fsp3) is 0. The van der Waals surface area contributed by atoms with Gasteiger partial charge in [-0.05, 0) is 0 Å². The molecular weight excluding hydrogens is 409 g/mol. The second-order valence-corrected chi connectivity index (χ2v) is 6.06. The summed E-state index contributed by atoms with van der Waals surface area (Å²) in [5.74, 6) is -2.04. The van der Waals surface area contributed by atoms with Gasteiger partial charge in [-0.25, -0.2) is 0 Å². The van der Waals surface area contributed by atoms with Crippen LogP contribution in [0, 0.1) is 0 Å². The van der Waals surface area contributed by atoms with Crippen molar-refractivity contribution in [2.45, 2.75) is 24.5 Å². The Bertz CT molecular complexity index is 579. The molecule has 0 fully saturated rings. The Morgan fingerprint density at radius 3 is 1.32 bits per heavy atom. The Balaban J connectivity index is 3.87. The van der Waals surface area contributed by atoms with Crippen LogP contribution in [0.4, 0.5) is 19.4 Å². The molecule has 0 spiro atoms. The number of guanidine groups is 1. The van der Waals surface area contributed by atoms with E-state index >= 15 is 0 Å². The van der Waals surface area contributed by atoms with Crippen molar-refractivity contribution in [1.29, 1.82) is 0 Å². The zero-order valence-corrected chi connectivity index (χ0v) is 14.0. The number of hydrogen-bond donors (Lipinski definition) is 2. The van der Waals surface area contributed by atoms with E-state index in [1.165, 1.54) is 0 Å². The van der Waals surface area contributed by atoms with E-state index in [-0.39, 0.29) is 0 Å². The Morgan fingerprint density at radius 2 is 1.05 bits per heavy atom. The highest BCUT2D eigenvalue weighted by atomic mass is 32.2. The quantitative estimate of drug-likeness (QED) is 0.384. The van der Waals surface area contributed by atoms with Crippen LogP contribution in [0.15, 0.2) is 29.5 Å². The molecule has 0 aliphatic carbocycles. The number of amides is 1. The minimum atomic E-state index is -1.32. The number of benzene rings is 1. The lowest BCUT2D eigenvalue weighted by Crippen LogP contribution is -2.24. The highest BCUT2D eigenvalue weighted by Crippen LogP contribution is 2.52. The van der Waals surface area contributed by atoms with Gasteiger partial charge in [0.1, 0.15) is 0 Å². The predicted octanol–water partition coefficient (Wildman–Crippen LogP) is 4.98. The number of nitrogens with zero attached hydrogens (tertiary/aromatic N) is 1. The van der Waals surface area contributed by atoms with Gasteiger partial charge in [-0.15, -0.1) is 0 Å². The number of rotatable bonds is 6. The van der Waals surface area contributed by atoms with Crippen LogP contribution in [0.5, 0.6) is 0 Å². The fourth-order valence-corrected chi connectivity index (χ4v) is 4.29. The van der Waals surface area contributed by atoms with Crippen molar-refractivity contribution >= 4 is 72.6 Å². The van der Waals surface area contributed by atoms with Gasteiger partial charge in [0.05, 0.1) is 90.8 Å². The molecule has 0 aliphatic rings. The molecule has 0 radical (unpaired) electrons. The summed E-state index contributed by atoms with van der Waals surface area (Å²) in [5, 5.41) is 0. The average molecular weight is 413 g/mol. The monoisotopic (exact) mass is 413 g/mol. The standard InChI is InChI=1S/C8H4F5N3OS5/c9-18-2-1(7(17)16-8(14)15)3(19-10)5(21-12)6(22-13)4(2)20-11/h(H4,14,15,16,17). The molecule has 14 heteroatoms. The Labute approximate surface area is 143 Å². The summed E-state index contributed by atoms with van der Waals surface area (Å²) in [5.41, 5.74) is 9.19. The summed E-state index contributed by atoms with van der Waals surface area (Å²) in [7, 11) is 0. The van der Waals surface area contributed by atoms with Crippen LogP contribution < -0.4 is 11.5 Å². The summed E-state index contributed by atoms with van der Waals surface area (Å²) in [6, 6.07) is 0. The van der Waals surface area contributed by atoms with Gasteiger partial charge in [-0.3, -0.25) is 4.79 Å². The van der Waals surface area contributed by atoms with Crippen molar-refractivity contribution in [2.24, 2.45) is 16.5 Å². The van der Waals surface area contributed by atoms with Crippen LogP contribution in [-0.4, -0.2) is 11.9 Å². The zero-order chi connectivity index (χ0) is 16.9. The first kappa shape index (κ1) is 19.6. The van der Waals surface area contributed by atoms with Gasteiger partial charge in [-0.1, -0.05) is 0 Å². The molecule has 1 aromatic rings. The third-order valence-electron chi connectivity index (χ3n) is 2.11. The third kappa shape index (κ3) is 3.90.